The van der Waals surface area contributed by atoms with Crippen molar-refractivity contribution in [2.45, 2.75) is 105 Å². The summed E-state index contributed by atoms with van der Waals surface area (Å²) >= 11 is 0. The van der Waals surface area contributed by atoms with Crippen LogP contribution in [0.2, 0.25) is 0 Å². The van der Waals surface area contributed by atoms with E-state index < -0.39 is 30.3 Å². The third-order valence-electron chi connectivity index (χ3n) is 8.32. The first-order valence-electron chi connectivity index (χ1n) is 16.7. The molecule has 5 unspecified atom stereocenters. The van der Waals surface area contributed by atoms with Crippen molar-refractivity contribution in [1.82, 2.24) is 9.80 Å². The second-order valence-electron chi connectivity index (χ2n) is 12.2. The average Bonchev–Trinajstić information content (AvgIpc) is 3.25. The van der Waals surface area contributed by atoms with Gasteiger partial charge >= 0.3 is 18.2 Å². The van der Waals surface area contributed by atoms with Crippen LogP contribution >= 0.6 is 0 Å². The van der Waals surface area contributed by atoms with Crippen molar-refractivity contribution in [2.75, 3.05) is 33.4 Å². The number of allylic oxidation sites excluding steroid dienone is 7. The number of ether oxygens (including phenoxy) is 3. The second kappa shape index (κ2) is 19.4. The maximum Gasteiger partial charge on any atom is 0.410 e. The predicted molar refractivity (Wildman–Crippen MR) is 180 cm³/mol. The third kappa shape index (κ3) is 12.6. The van der Waals surface area contributed by atoms with Gasteiger partial charge in [0.05, 0.1) is 31.7 Å². The van der Waals surface area contributed by atoms with Gasteiger partial charge in [-0.15, -0.1) is 0 Å². The van der Waals surface area contributed by atoms with E-state index in [4.69, 9.17) is 19.2 Å². The van der Waals surface area contributed by atoms with Crippen LogP contribution in [0.15, 0.2) is 64.4 Å². The van der Waals surface area contributed by atoms with Crippen LogP contribution in [0.3, 0.4) is 0 Å². The van der Waals surface area contributed by atoms with Crippen molar-refractivity contribution in [3.8, 4) is 0 Å². The Kier molecular flexibility index (Phi) is 16.3. The summed E-state index contributed by atoms with van der Waals surface area (Å²) in [4.78, 5) is 33.5. The number of amidine groups is 1. The molecule has 264 valence electrons. The smallest absolute Gasteiger partial charge is 0.410 e. The van der Waals surface area contributed by atoms with Crippen LogP contribution in [0, 0.1) is 11.8 Å². The number of rotatable bonds is 17. The predicted octanol–water partition coefficient (Wildman–Crippen LogP) is 8.18. The number of hydrogen-bond acceptors (Lipinski definition) is 6. The highest BCUT2D eigenvalue weighted by atomic mass is 19.4. The molecule has 5 atom stereocenters. The molecule has 1 amide bonds. The van der Waals surface area contributed by atoms with E-state index in [0.29, 0.717) is 31.4 Å². The molecule has 0 aromatic heterocycles. The van der Waals surface area contributed by atoms with Gasteiger partial charge < -0.3 is 19.1 Å². The Morgan fingerprint density at radius 3 is 2.38 bits per heavy atom. The summed E-state index contributed by atoms with van der Waals surface area (Å²) in [5, 5.41) is 0. The zero-order chi connectivity index (χ0) is 35.1. The van der Waals surface area contributed by atoms with Gasteiger partial charge in [-0.3, -0.25) is 14.7 Å². The highest BCUT2D eigenvalue weighted by Crippen LogP contribution is 2.33. The molecule has 0 aromatic carbocycles. The van der Waals surface area contributed by atoms with Gasteiger partial charge in [-0.05, 0) is 89.5 Å². The Bertz CT molecular complexity index is 1220. The van der Waals surface area contributed by atoms with Gasteiger partial charge in [-0.25, -0.2) is 4.79 Å². The van der Waals surface area contributed by atoms with Gasteiger partial charge in [-0.1, -0.05) is 44.2 Å². The first kappa shape index (κ1) is 39.7. The summed E-state index contributed by atoms with van der Waals surface area (Å²) in [6, 6.07) is -0.740. The standard InChI is InChI=1S/C36H54F3N3O5/c1-9-12-15-30(23-26(5)36(37,38)39)34-28(7)42(35(44)47-34)24-27(6)40-32(41-20-14-21-41)17-13-16-29(31(10-2)45-8)22-25(4)18-19-33(43)46-11-3/h9-10,12-13,17,22-23,25-28,34H,11,14-16,18-21,24H2,1-8H3/b12-9-,17-13-,29-22-,30-23+,31-10+,40-32?. The lowest BCUT2D eigenvalue weighted by Crippen LogP contribution is -2.43. The van der Waals surface area contributed by atoms with Gasteiger partial charge in [-0.2, -0.15) is 13.2 Å². The lowest BCUT2D eigenvalue weighted by Gasteiger charge is -2.34. The van der Waals surface area contributed by atoms with Gasteiger partial charge in [0.2, 0.25) is 0 Å². The number of hydrogen-bond donors (Lipinski definition) is 0. The number of aliphatic imine (C=N–C) groups is 1. The minimum atomic E-state index is -4.38. The van der Waals surface area contributed by atoms with E-state index in [1.54, 1.807) is 44.9 Å². The van der Waals surface area contributed by atoms with Crippen molar-refractivity contribution in [3.05, 3.63) is 59.4 Å². The van der Waals surface area contributed by atoms with Crippen LogP contribution in [0.1, 0.15) is 80.6 Å². The van der Waals surface area contributed by atoms with E-state index in [2.05, 4.69) is 17.9 Å². The van der Waals surface area contributed by atoms with Gasteiger partial charge in [0.1, 0.15) is 17.7 Å². The fraction of sp³-hybridized carbons (Fsp3) is 0.639. The molecule has 11 heteroatoms. The number of carbonyl (C=O) groups is 2. The molecule has 2 fully saturated rings. The van der Waals surface area contributed by atoms with Crippen molar-refractivity contribution in [1.29, 1.82) is 0 Å². The van der Waals surface area contributed by atoms with E-state index in [9.17, 15) is 22.8 Å². The van der Waals surface area contributed by atoms with Crippen molar-refractivity contribution in [3.63, 3.8) is 0 Å². The fourth-order valence-electron chi connectivity index (χ4n) is 5.49. The monoisotopic (exact) mass is 665 g/mol. The number of nitrogens with zero attached hydrogens (tertiary/aromatic N) is 3. The molecule has 8 nitrogen and oxygen atoms in total. The van der Waals surface area contributed by atoms with Crippen LogP contribution in [-0.2, 0) is 19.0 Å². The van der Waals surface area contributed by atoms with E-state index in [-0.39, 0.29) is 30.9 Å². The summed E-state index contributed by atoms with van der Waals surface area (Å²) < 4.78 is 56.5. The molecule has 0 spiro atoms. The summed E-state index contributed by atoms with van der Waals surface area (Å²) in [5.41, 5.74) is 1.44. The molecule has 0 aromatic rings. The Hall–Kier alpha value is -3.50. The number of methoxy groups -OCH3 is 1. The largest absolute Gasteiger partial charge is 0.497 e. The van der Waals surface area contributed by atoms with Gasteiger partial charge in [0.15, 0.2) is 0 Å². The summed E-state index contributed by atoms with van der Waals surface area (Å²) in [6.45, 7) is 14.8. The highest BCUT2D eigenvalue weighted by molar-refractivity contribution is 5.93. The number of amides is 1. The number of esters is 1. The van der Waals surface area contributed by atoms with E-state index in [1.807, 2.05) is 32.1 Å². The Balaban J connectivity index is 2.21. The summed E-state index contributed by atoms with van der Waals surface area (Å²) in [6.07, 6.45) is 10.0. The zero-order valence-electron chi connectivity index (χ0n) is 29.3. The molecule has 0 aliphatic carbocycles. The fourth-order valence-corrected chi connectivity index (χ4v) is 5.49. The minimum absolute atomic E-state index is 0.132. The first-order chi connectivity index (χ1) is 22.2. The number of likely N-dealkylation sites (tertiary alicyclic amines) is 1. The van der Waals surface area contributed by atoms with Crippen LogP contribution in [-0.4, -0.2) is 85.4 Å². The zero-order valence-corrected chi connectivity index (χ0v) is 29.3. The number of carbonyl (C=O) groups excluding carboxylic acids is 2. The molecule has 2 rings (SSSR count). The number of halogens is 3. The molecule has 0 saturated carbocycles. The quantitative estimate of drug-likeness (QED) is 0.0389. The molecule has 47 heavy (non-hydrogen) atoms. The maximum absolute atomic E-state index is 13.4. The Labute approximate surface area is 279 Å². The van der Waals surface area contributed by atoms with Crippen LogP contribution in [0.25, 0.3) is 0 Å². The second-order valence-corrected chi connectivity index (χ2v) is 12.2. The molecule has 2 aliphatic rings. The Morgan fingerprint density at radius 2 is 1.83 bits per heavy atom. The molecular weight excluding hydrogens is 611 g/mol. The third-order valence-corrected chi connectivity index (χ3v) is 8.32. The van der Waals surface area contributed by atoms with Crippen LogP contribution < -0.4 is 0 Å². The first-order valence-corrected chi connectivity index (χ1v) is 16.7. The maximum atomic E-state index is 13.4. The van der Waals surface area contributed by atoms with Crippen LogP contribution in [0.5, 0.6) is 0 Å². The van der Waals surface area contributed by atoms with E-state index in [0.717, 1.165) is 43.6 Å². The number of alkyl halides is 3. The van der Waals surface area contributed by atoms with E-state index in [1.165, 1.54) is 6.08 Å². The summed E-state index contributed by atoms with van der Waals surface area (Å²) in [7, 11) is 1.63. The van der Waals surface area contributed by atoms with Gasteiger partial charge in [0.25, 0.3) is 0 Å². The highest BCUT2D eigenvalue weighted by Gasteiger charge is 2.42. The molecule has 2 aliphatic heterocycles. The average molecular weight is 666 g/mol. The minimum Gasteiger partial charge on any atom is -0.497 e. The van der Waals surface area contributed by atoms with E-state index >= 15 is 0 Å². The normalized spacial score (nSPS) is 22.1. The van der Waals surface area contributed by atoms with Crippen molar-refractivity contribution < 1.29 is 37.0 Å². The SMILES string of the molecule is C/C=C\C/C(=C\C(C)C(F)(F)F)C1OC(=O)N(CC(C)N=C(/C=C\CC(=C/C(C)CCC(=O)OCC)/C(=C\C)OC)N2CCC2)C1C. The van der Waals surface area contributed by atoms with Crippen LogP contribution in [0.4, 0.5) is 18.0 Å². The summed E-state index contributed by atoms with van der Waals surface area (Å²) in [5.74, 6) is -0.162. The topological polar surface area (TPSA) is 80.7 Å². The lowest BCUT2D eigenvalue weighted by molar-refractivity contribution is -0.156. The molecule has 2 saturated heterocycles. The Morgan fingerprint density at radius 1 is 1.13 bits per heavy atom. The van der Waals surface area contributed by atoms with Gasteiger partial charge in [0, 0.05) is 26.1 Å². The molecule has 0 bridgehead atoms. The van der Waals surface area contributed by atoms with Crippen molar-refractivity contribution >= 4 is 17.9 Å². The molecule has 0 radical (unpaired) electrons. The molecule has 0 N–H and O–H groups in total. The molecule has 2 heterocycles. The lowest BCUT2D eigenvalue weighted by atomic mass is 9.95. The molecular formula is C36H54F3N3O5. The van der Waals surface area contributed by atoms with Crippen molar-refractivity contribution in [2.24, 2.45) is 16.8 Å². The number of cyclic esters (lactones) is 1.